The lowest BCUT2D eigenvalue weighted by Gasteiger charge is -2.14. The number of hydrogen-bond acceptors (Lipinski definition) is 3. The van der Waals surface area contributed by atoms with E-state index in [2.05, 4.69) is 27.2 Å². The van der Waals surface area contributed by atoms with Crippen LogP contribution in [0.2, 0.25) is 0 Å². The molecule has 0 rings (SSSR count). The van der Waals surface area contributed by atoms with Gasteiger partial charge in [-0.15, -0.1) is 0 Å². The molecule has 0 aromatic rings. The van der Waals surface area contributed by atoms with Gasteiger partial charge in [0.05, 0.1) is 18.3 Å². The summed E-state index contributed by atoms with van der Waals surface area (Å²) < 4.78 is 4.66. The first-order chi connectivity index (χ1) is 5.50. The van der Waals surface area contributed by atoms with Gasteiger partial charge in [-0.2, -0.15) is 0 Å². The van der Waals surface area contributed by atoms with Gasteiger partial charge in [0.1, 0.15) is 0 Å². The van der Waals surface area contributed by atoms with Crippen LogP contribution in [0.4, 0.5) is 0 Å². The maximum absolute atomic E-state index is 11.0. The largest absolute Gasteiger partial charge is 0.463 e. The summed E-state index contributed by atoms with van der Waals surface area (Å²) in [7, 11) is 0. The number of halogens is 1. The Balaban J connectivity index is 4.10. The standard InChI is InChI=1S/C8H13BrO3/c1-4-12-8(11)5(2)7(10)6(3)9/h6-7,10H,2,4H2,1,3H3/t6-,7+/m0/s1. The van der Waals surface area contributed by atoms with Gasteiger partial charge in [0.15, 0.2) is 0 Å². The van der Waals surface area contributed by atoms with E-state index in [0.717, 1.165) is 0 Å². The average Bonchev–Trinajstić information content (AvgIpc) is 2.02. The molecule has 0 radical (unpaired) electrons. The van der Waals surface area contributed by atoms with Crippen LogP contribution < -0.4 is 0 Å². The van der Waals surface area contributed by atoms with E-state index < -0.39 is 12.1 Å². The van der Waals surface area contributed by atoms with E-state index in [1.165, 1.54) is 0 Å². The first kappa shape index (κ1) is 11.6. The Hall–Kier alpha value is -0.350. The molecule has 70 valence electrons. The second-order valence-electron chi connectivity index (χ2n) is 2.37. The minimum absolute atomic E-state index is 0.0845. The van der Waals surface area contributed by atoms with E-state index in [9.17, 15) is 9.90 Å². The molecule has 0 aliphatic carbocycles. The Bertz CT molecular complexity index is 177. The van der Waals surface area contributed by atoms with Gasteiger partial charge in [-0.05, 0) is 13.8 Å². The molecule has 0 aromatic heterocycles. The van der Waals surface area contributed by atoms with Crippen LogP contribution in [0.3, 0.4) is 0 Å². The van der Waals surface area contributed by atoms with Gasteiger partial charge in [0, 0.05) is 4.83 Å². The van der Waals surface area contributed by atoms with Crippen molar-refractivity contribution in [1.82, 2.24) is 0 Å². The molecule has 0 saturated carbocycles. The Morgan fingerprint density at radius 3 is 2.58 bits per heavy atom. The van der Waals surface area contributed by atoms with Crippen molar-refractivity contribution < 1.29 is 14.6 Å². The van der Waals surface area contributed by atoms with Crippen LogP contribution in [0.5, 0.6) is 0 Å². The maximum atomic E-state index is 11.0. The smallest absolute Gasteiger partial charge is 0.336 e. The van der Waals surface area contributed by atoms with E-state index in [4.69, 9.17) is 0 Å². The van der Waals surface area contributed by atoms with E-state index in [-0.39, 0.29) is 10.4 Å². The summed E-state index contributed by atoms with van der Waals surface area (Å²) in [5.41, 5.74) is 0.0845. The van der Waals surface area contributed by atoms with Gasteiger partial charge >= 0.3 is 5.97 Å². The molecule has 0 saturated heterocycles. The highest BCUT2D eigenvalue weighted by Gasteiger charge is 2.21. The Morgan fingerprint density at radius 2 is 2.25 bits per heavy atom. The topological polar surface area (TPSA) is 46.5 Å². The molecule has 0 fully saturated rings. The quantitative estimate of drug-likeness (QED) is 0.454. The summed E-state index contributed by atoms with van der Waals surface area (Å²) >= 11 is 3.14. The van der Waals surface area contributed by atoms with E-state index in [0.29, 0.717) is 6.61 Å². The number of aliphatic hydroxyl groups is 1. The molecule has 0 heterocycles. The molecule has 0 amide bonds. The fourth-order valence-electron chi connectivity index (χ4n) is 0.622. The van der Waals surface area contributed by atoms with Crippen molar-refractivity contribution in [1.29, 1.82) is 0 Å². The van der Waals surface area contributed by atoms with E-state index >= 15 is 0 Å². The van der Waals surface area contributed by atoms with E-state index in [1.807, 2.05) is 0 Å². The zero-order chi connectivity index (χ0) is 9.72. The second kappa shape index (κ2) is 5.32. The van der Waals surface area contributed by atoms with Crippen LogP contribution in [0.1, 0.15) is 13.8 Å². The Labute approximate surface area is 80.5 Å². The average molecular weight is 237 g/mol. The van der Waals surface area contributed by atoms with Gasteiger partial charge in [-0.1, -0.05) is 22.5 Å². The number of rotatable bonds is 4. The molecule has 0 aliphatic rings. The highest BCUT2D eigenvalue weighted by atomic mass is 79.9. The third-order valence-corrected chi connectivity index (χ3v) is 1.83. The van der Waals surface area contributed by atoms with Crippen LogP contribution in [0.25, 0.3) is 0 Å². The van der Waals surface area contributed by atoms with Crippen molar-refractivity contribution in [2.45, 2.75) is 24.8 Å². The van der Waals surface area contributed by atoms with E-state index in [1.54, 1.807) is 13.8 Å². The molecule has 0 unspecified atom stereocenters. The van der Waals surface area contributed by atoms with Gasteiger partial charge in [0.2, 0.25) is 0 Å². The molecule has 0 spiro atoms. The SMILES string of the molecule is C=C(C(=O)OCC)[C@@H](O)[C@H](C)Br. The van der Waals surface area contributed by atoms with Crippen molar-refractivity contribution in [2.75, 3.05) is 6.61 Å². The number of hydrogen-bond donors (Lipinski definition) is 1. The summed E-state index contributed by atoms with van der Waals surface area (Å²) in [5.74, 6) is -0.545. The van der Waals surface area contributed by atoms with Crippen LogP contribution in [0.15, 0.2) is 12.2 Å². The van der Waals surface area contributed by atoms with Gasteiger partial charge in [0.25, 0.3) is 0 Å². The Kier molecular flexibility index (Phi) is 5.17. The molecular formula is C8H13BrO3. The zero-order valence-electron chi connectivity index (χ0n) is 7.21. The van der Waals surface area contributed by atoms with Crippen molar-refractivity contribution >= 4 is 21.9 Å². The van der Waals surface area contributed by atoms with Gasteiger partial charge in [-0.25, -0.2) is 4.79 Å². The summed E-state index contributed by atoms with van der Waals surface area (Å²) in [6.07, 6.45) is -0.885. The molecule has 12 heavy (non-hydrogen) atoms. The molecule has 0 aliphatic heterocycles. The van der Waals surface area contributed by atoms with Crippen LogP contribution >= 0.6 is 15.9 Å². The van der Waals surface area contributed by atoms with Gasteiger partial charge < -0.3 is 9.84 Å². The second-order valence-corrected chi connectivity index (χ2v) is 3.81. The van der Waals surface area contributed by atoms with Crippen molar-refractivity contribution in [3.63, 3.8) is 0 Å². The Morgan fingerprint density at radius 1 is 1.75 bits per heavy atom. The number of esters is 1. The predicted octanol–water partition coefficient (Wildman–Crippen LogP) is 1.25. The van der Waals surface area contributed by atoms with Gasteiger partial charge in [-0.3, -0.25) is 0 Å². The molecule has 4 heteroatoms. The summed E-state index contributed by atoms with van der Waals surface area (Å²) in [6.45, 7) is 7.17. The summed E-state index contributed by atoms with van der Waals surface area (Å²) in [4.78, 5) is 10.8. The van der Waals surface area contributed by atoms with Crippen LogP contribution in [-0.2, 0) is 9.53 Å². The molecular weight excluding hydrogens is 224 g/mol. The highest BCUT2D eigenvalue weighted by Crippen LogP contribution is 2.12. The first-order valence-electron chi connectivity index (χ1n) is 3.68. The first-order valence-corrected chi connectivity index (χ1v) is 4.60. The molecule has 3 nitrogen and oxygen atoms in total. The monoisotopic (exact) mass is 236 g/mol. The summed E-state index contributed by atoms with van der Waals surface area (Å²) in [5, 5.41) is 9.34. The van der Waals surface area contributed by atoms with Crippen LogP contribution in [-0.4, -0.2) is 28.6 Å². The van der Waals surface area contributed by atoms with Crippen molar-refractivity contribution in [2.24, 2.45) is 0 Å². The highest BCUT2D eigenvalue weighted by molar-refractivity contribution is 9.09. The normalized spacial score (nSPS) is 15.0. The lowest BCUT2D eigenvalue weighted by atomic mass is 10.1. The molecule has 1 N–H and O–H groups in total. The fraction of sp³-hybridized carbons (Fsp3) is 0.625. The number of ether oxygens (including phenoxy) is 1. The molecule has 2 atom stereocenters. The molecule has 0 bridgehead atoms. The third kappa shape index (κ3) is 3.36. The lowest BCUT2D eigenvalue weighted by molar-refractivity contribution is -0.139. The van der Waals surface area contributed by atoms with Crippen molar-refractivity contribution in [3.05, 3.63) is 12.2 Å². The summed E-state index contributed by atoms with van der Waals surface area (Å²) in [6, 6.07) is 0. The van der Waals surface area contributed by atoms with Crippen LogP contribution in [0, 0.1) is 0 Å². The molecule has 0 aromatic carbocycles. The minimum Gasteiger partial charge on any atom is -0.463 e. The zero-order valence-corrected chi connectivity index (χ0v) is 8.80. The number of carbonyl (C=O) groups excluding carboxylic acids is 1. The maximum Gasteiger partial charge on any atom is 0.336 e. The number of carbonyl (C=O) groups is 1. The third-order valence-electron chi connectivity index (χ3n) is 1.33. The lowest BCUT2D eigenvalue weighted by Crippen LogP contribution is -2.25. The number of alkyl halides is 1. The minimum atomic E-state index is -0.885. The fourth-order valence-corrected chi connectivity index (χ4v) is 0.941. The van der Waals surface area contributed by atoms with Crippen molar-refractivity contribution in [3.8, 4) is 0 Å². The number of aliphatic hydroxyl groups excluding tert-OH is 1. The predicted molar refractivity (Wildman–Crippen MR) is 50.2 cm³/mol.